The van der Waals surface area contributed by atoms with Gasteiger partial charge in [-0.05, 0) is 51.5 Å². The Balaban J connectivity index is 1.76. The van der Waals surface area contributed by atoms with Gasteiger partial charge in [0.15, 0.2) is 0 Å². The normalized spacial score (nSPS) is 19.8. The van der Waals surface area contributed by atoms with Crippen LogP contribution in [0, 0.1) is 5.92 Å². The molecule has 1 aliphatic rings. The fourth-order valence-electron chi connectivity index (χ4n) is 2.95. The zero-order valence-corrected chi connectivity index (χ0v) is 12.3. The summed E-state index contributed by atoms with van der Waals surface area (Å²) in [5.74, 6) is 0.860. The molecule has 0 aromatic heterocycles. The zero-order chi connectivity index (χ0) is 13.7. The van der Waals surface area contributed by atoms with Crippen molar-refractivity contribution in [2.45, 2.75) is 18.9 Å². The Kier molecular flexibility index (Phi) is 5.37. The molecule has 1 aliphatic heterocycles. The van der Waals surface area contributed by atoms with Crippen LogP contribution in [0.1, 0.15) is 24.4 Å². The highest BCUT2D eigenvalue weighted by Crippen LogP contribution is 2.20. The lowest BCUT2D eigenvalue weighted by atomic mass is 9.95. The molecule has 1 heterocycles. The fraction of sp³-hybridized carbons (Fsp3) is 0.625. The number of rotatable bonds is 5. The van der Waals surface area contributed by atoms with Crippen molar-refractivity contribution in [3.05, 3.63) is 35.9 Å². The van der Waals surface area contributed by atoms with Crippen LogP contribution in [0.15, 0.2) is 30.3 Å². The lowest BCUT2D eigenvalue weighted by molar-refractivity contribution is 0.156. The Bertz CT molecular complexity index is 356. The maximum atomic E-state index is 6.29. The molecule has 1 saturated heterocycles. The highest BCUT2D eigenvalue weighted by molar-refractivity contribution is 5.18. The van der Waals surface area contributed by atoms with Gasteiger partial charge in [-0.3, -0.25) is 0 Å². The first kappa shape index (κ1) is 14.5. The second-order valence-corrected chi connectivity index (χ2v) is 6.02. The Morgan fingerprint density at radius 2 is 1.84 bits per heavy atom. The predicted octanol–water partition coefficient (Wildman–Crippen LogP) is 1.96. The molecule has 106 valence electrons. The van der Waals surface area contributed by atoms with Crippen LogP contribution in [0.25, 0.3) is 0 Å². The lowest BCUT2D eigenvalue weighted by Gasteiger charge is -2.34. The van der Waals surface area contributed by atoms with Gasteiger partial charge in [-0.1, -0.05) is 30.3 Å². The molecule has 0 aliphatic carbocycles. The van der Waals surface area contributed by atoms with Crippen molar-refractivity contribution in [3.63, 3.8) is 0 Å². The SMILES string of the molecule is CN(C)CC1CCN(CC(N)c2ccccc2)CC1. The number of nitrogens with two attached hydrogens (primary N) is 1. The molecular weight excluding hydrogens is 234 g/mol. The zero-order valence-electron chi connectivity index (χ0n) is 12.3. The summed E-state index contributed by atoms with van der Waals surface area (Å²) in [6.07, 6.45) is 2.61. The van der Waals surface area contributed by atoms with E-state index in [-0.39, 0.29) is 6.04 Å². The molecule has 1 aromatic carbocycles. The summed E-state index contributed by atoms with van der Waals surface area (Å²) < 4.78 is 0. The molecule has 2 N–H and O–H groups in total. The fourth-order valence-corrected chi connectivity index (χ4v) is 2.95. The van der Waals surface area contributed by atoms with Gasteiger partial charge < -0.3 is 15.5 Å². The highest BCUT2D eigenvalue weighted by atomic mass is 15.1. The molecule has 1 atom stereocenters. The second kappa shape index (κ2) is 7.04. The van der Waals surface area contributed by atoms with Crippen molar-refractivity contribution in [2.24, 2.45) is 11.7 Å². The van der Waals surface area contributed by atoms with Crippen LogP contribution >= 0.6 is 0 Å². The van der Waals surface area contributed by atoms with Crippen molar-refractivity contribution in [1.82, 2.24) is 9.80 Å². The third kappa shape index (κ3) is 4.60. The topological polar surface area (TPSA) is 32.5 Å². The monoisotopic (exact) mass is 261 g/mol. The summed E-state index contributed by atoms with van der Waals surface area (Å²) >= 11 is 0. The van der Waals surface area contributed by atoms with Gasteiger partial charge >= 0.3 is 0 Å². The van der Waals surface area contributed by atoms with Crippen molar-refractivity contribution < 1.29 is 0 Å². The smallest absolute Gasteiger partial charge is 0.0424 e. The van der Waals surface area contributed by atoms with Crippen LogP contribution in [-0.4, -0.2) is 50.1 Å². The number of benzene rings is 1. The molecule has 0 radical (unpaired) electrons. The Morgan fingerprint density at radius 1 is 1.21 bits per heavy atom. The van der Waals surface area contributed by atoms with Crippen LogP contribution < -0.4 is 5.73 Å². The number of piperidine rings is 1. The van der Waals surface area contributed by atoms with Gasteiger partial charge in [0, 0.05) is 19.1 Å². The van der Waals surface area contributed by atoms with Gasteiger partial charge in [0.1, 0.15) is 0 Å². The van der Waals surface area contributed by atoms with E-state index in [0.29, 0.717) is 0 Å². The van der Waals surface area contributed by atoms with Crippen LogP contribution in [0.3, 0.4) is 0 Å². The maximum Gasteiger partial charge on any atom is 0.0424 e. The summed E-state index contributed by atoms with van der Waals surface area (Å²) in [7, 11) is 4.33. The molecule has 19 heavy (non-hydrogen) atoms. The molecule has 0 saturated carbocycles. The summed E-state index contributed by atoms with van der Waals surface area (Å²) in [5, 5.41) is 0. The minimum absolute atomic E-state index is 0.145. The van der Waals surface area contributed by atoms with Crippen LogP contribution in [0.5, 0.6) is 0 Å². The molecule has 0 spiro atoms. The van der Waals surface area contributed by atoms with E-state index in [9.17, 15) is 0 Å². The summed E-state index contributed by atoms with van der Waals surface area (Å²) in [5.41, 5.74) is 7.54. The molecule has 1 unspecified atom stereocenters. The first-order valence-corrected chi connectivity index (χ1v) is 7.33. The van der Waals surface area contributed by atoms with Gasteiger partial charge in [0.05, 0.1) is 0 Å². The average molecular weight is 261 g/mol. The van der Waals surface area contributed by atoms with Crippen molar-refractivity contribution >= 4 is 0 Å². The Hall–Kier alpha value is -0.900. The van der Waals surface area contributed by atoms with Crippen molar-refractivity contribution in [2.75, 3.05) is 40.3 Å². The van der Waals surface area contributed by atoms with E-state index in [4.69, 9.17) is 5.73 Å². The van der Waals surface area contributed by atoms with Crippen molar-refractivity contribution in [1.29, 1.82) is 0 Å². The molecular formula is C16H27N3. The first-order valence-electron chi connectivity index (χ1n) is 7.33. The molecule has 3 nitrogen and oxygen atoms in total. The summed E-state index contributed by atoms with van der Waals surface area (Å²) in [6, 6.07) is 10.6. The van der Waals surface area contributed by atoms with Gasteiger partial charge in [-0.2, -0.15) is 0 Å². The molecule has 0 amide bonds. The standard InChI is InChI=1S/C16H27N3/c1-18(2)12-14-8-10-19(11-9-14)13-16(17)15-6-4-3-5-7-15/h3-7,14,16H,8-13,17H2,1-2H3. The van der Waals surface area contributed by atoms with E-state index in [1.807, 2.05) is 6.07 Å². The summed E-state index contributed by atoms with van der Waals surface area (Å²) in [4.78, 5) is 4.82. The van der Waals surface area contributed by atoms with Gasteiger partial charge in [0.2, 0.25) is 0 Å². The minimum atomic E-state index is 0.145. The van der Waals surface area contributed by atoms with E-state index < -0.39 is 0 Å². The molecule has 2 rings (SSSR count). The molecule has 1 fully saturated rings. The van der Waals surface area contributed by atoms with Crippen molar-refractivity contribution in [3.8, 4) is 0 Å². The van der Waals surface area contributed by atoms with E-state index in [1.54, 1.807) is 0 Å². The second-order valence-electron chi connectivity index (χ2n) is 6.02. The largest absolute Gasteiger partial charge is 0.323 e. The number of nitrogens with zero attached hydrogens (tertiary/aromatic N) is 2. The van der Waals surface area contributed by atoms with Crippen LogP contribution in [0.4, 0.5) is 0 Å². The van der Waals surface area contributed by atoms with Crippen LogP contribution in [-0.2, 0) is 0 Å². The molecule has 1 aromatic rings. The highest BCUT2D eigenvalue weighted by Gasteiger charge is 2.21. The Labute approximate surface area is 117 Å². The minimum Gasteiger partial charge on any atom is -0.323 e. The molecule has 0 bridgehead atoms. The van der Waals surface area contributed by atoms with E-state index in [2.05, 4.69) is 48.2 Å². The van der Waals surface area contributed by atoms with E-state index >= 15 is 0 Å². The lowest BCUT2D eigenvalue weighted by Crippen LogP contribution is -2.40. The number of likely N-dealkylation sites (tertiary alicyclic amines) is 1. The van der Waals surface area contributed by atoms with Gasteiger partial charge in [0.25, 0.3) is 0 Å². The van der Waals surface area contributed by atoms with E-state index in [0.717, 1.165) is 12.5 Å². The predicted molar refractivity (Wildman–Crippen MR) is 81.1 cm³/mol. The Morgan fingerprint density at radius 3 is 2.42 bits per heavy atom. The third-order valence-corrected chi connectivity index (χ3v) is 4.01. The molecule has 3 heteroatoms. The third-order valence-electron chi connectivity index (χ3n) is 4.01. The van der Waals surface area contributed by atoms with Crippen LogP contribution in [0.2, 0.25) is 0 Å². The van der Waals surface area contributed by atoms with E-state index in [1.165, 1.54) is 38.0 Å². The van der Waals surface area contributed by atoms with Gasteiger partial charge in [-0.15, -0.1) is 0 Å². The number of hydrogen-bond acceptors (Lipinski definition) is 3. The first-order chi connectivity index (χ1) is 9.15. The number of hydrogen-bond donors (Lipinski definition) is 1. The average Bonchev–Trinajstić information content (AvgIpc) is 2.41. The quantitative estimate of drug-likeness (QED) is 0.879. The summed E-state index contributed by atoms with van der Waals surface area (Å²) in [6.45, 7) is 4.59. The maximum absolute atomic E-state index is 6.29. The van der Waals surface area contributed by atoms with Gasteiger partial charge in [-0.25, -0.2) is 0 Å².